The van der Waals surface area contributed by atoms with Gasteiger partial charge in [-0.3, -0.25) is 4.79 Å². The lowest BCUT2D eigenvalue weighted by Crippen LogP contribution is -2.33. The fourth-order valence-corrected chi connectivity index (χ4v) is 4.04. The molecule has 0 spiro atoms. The summed E-state index contributed by atoms with van der Waals surface area (Å²) in [5, 5.41) is 3.11. The largest absolute Gasteiger partial charge is 0.352 e. The van der Waals surface area contributed by atoms with E-state index in [1.54, 1.807) is 0 Å². The summed E-state index contributed by atoms with van der Waals surface area (Å²) >= 11 is 0. The Balaban J connectivity index is 1.25. The summed E-state index contributed by atoms with van der Waals surface area (Å²) in [4.78, 5) is 20.6. The average Bonchev–Trinajstić information content (AvgIpc) is 3.10. The fourth-order valence-electron chi connectivity index (χ4n) is 4.04. The first-order chi connectivity index (χ1) is 13.2. The maximum absolute atomic E-state index is 12.5. The average molecular weight is 361 g/mol. The molecule has 0 unspecified atom stereocenters. The molecule has 0 saturated heterocycles. The molecular weight excluding hydrogens is 334 g/mol. The second-order valence-corrected chi connectivity index (χ2v) is 7.83. The smallest absolute Gasteiger partial charge is 0.223 e. The van der Waals surface area contributed by atoms with Crippen molar-refractivity contribution in [2.24, 2.45) is 11.8 Å². The van der Waals surface area contributed by atoms with Crippen LogP contribution in [0.3, 0.4) is 0 Å². The van der Waals surface area contributed by atoms with E-state index in [9.17, 15) is 4.79 Å². The molecule has 4 rings (SSSR count). The van der Waals surface area contributed by atoms with Crippen LogP contribution >= 0.6 is 0 Å². The number of nitrogens with one attached hydrogen (secondary N) is 2. The Hall–Kier alpha value is -2.62. The summed E-state index contributed by atoms with van der Waals surface area (Å²) in [5.74, 6) is 2.05. The lowest BCUT2D eigenvalue weighted by Gasteiger charge is -2.27. The highest BCUT2D eigenvalue weighted by molar-refractivity contribution is 5.78. The molecule has 0 atom stereocenters. The van der Waals surface area contributed by atoms with Gasteiger partial charge in [0.15, 0.2) is 0 Å². The number of hydrogen-bond acceptors (Lipinski definition) is 2. The summed E-state index contributed by atoms with van der Waals surface area (Å²) in [5.41, 5.74) is 4.55. The number of aryl methyl sites for hydroxylation is 1. The molecule has 1 heterocycles. The molecule has 1 fully saturated rings. The molecular formula is C23H27N3O. The number of imidazole rings is 1. The van der Waals surface area contributed by atoms with Crippen molar-refractivity contribution < 1.29 is 4.79 Å². The number of nitrogens with zero attached hydrogens (tertiary/aromatic N) is 1. The number of carbonyl (C=O) groups excluding carboxylic acids is 1. The summed E-state index contributed by atoms with van der Waals surface area (Å²) < 4.78 is 0. The van der Waals surface area contributed by atoms with Crippen molar-refractivity contribution in [2.45, 2.75) is 45.6 Å². The molecule has 0 radical (unpaired) electrons. The zero-order valence-corrected chi connectivity index (χ0v) is 15.9. The van der Waals surface area contributed by atoms with Crippen LogP contribution in [0.15, 0.2) is 48.5 Å². The zero-order chi connectivity index (χ0) is 18.6. The Morgan fingerprint density at radius 1 is 1.07 bits per heavy atom. The van der Waals surface area contributed by atoms with E-state index < -0.39 is 0 Å². The third-order valence-corrected chi connectivity index (χ3v) is 5.73. The van der Waals surface area contributed by atoms with Gasteiger partial charge in [-0.1, -0.05) is 42.0 Å². The van der Waals surface area contributed by atoms with Crippen LogP contribution < -0.4 is 5.32 Å². The van der Waals surface area contributed by atoms with Crippen LogP contribution in [0.5, 0.6) is 0 Å². The van der Waals surface area contributed by atoms with E-state index in [1.807, 2.05) is 18.2 Å². The maximum atomic E-state index is 12.5. The molecule has 1 aromatic heterocycles. The van der Waals surface area contributed by atoms with E-state index >= 15 is 0 Å². The first-order valence-corrected chi connectivity index (χ1v) is 9.94. The van der Waals surface area contributed by atoms with Gasteiger partial charge in [-0.25, -0.2) is 4.98 Å². The number of hydrogen-bond donors (Lipinski definition) is 2. The maximum Gasteiger partial charge on any atom is 0.223 e. The summed E-state index contributed by atoms with van der Waals surface area (Å²) in [7, 11) is 0. The lowest BCUT2D eigenvalue weighted by atomic mass is 9.80. The van der Waals surface area contributed by atoms with Gasteiger partial charge in [-0.15, -0.1) is 0 Å². The zero-order valence-electron chi connectivity index (χ0n) is 15.9. The van der Waals surface area contributed by atoms with Gasteiger partial charge in [0.2, 0.25) is 5.91 Å². The van der Waals surface area contributed by atoms with Gasteiger partial charge in [-0.05, 0) is 56.2 Å². The van der Waals surface area contributed by atoms with Crippen LogP contribution in [0.1, 0.15) is 42.6 Å². The van der Waals surface area contributed by atoms with Gasteiger partial charge >= 0.3 is 0 Å². The van der Waals surface area contributed by atoms with Crippen molar-refractivity contribution >= 4 is 16.9 Å². The minimum atomic E-state index is 0.155. The Morgan fingerprint density at radius 3 is 2.56 bits per heavy atom. The van der Waals surface area contributed by atoms with Crippen molar-refractivity contribution in [3.63, 3.8) is 0 Å². The second-order valence-electron chi connectivity index (χ2n) is 7.83. The van der Waals surface area contributed by atoms with Crippen molar-refractivity contribution in [3.05, 3.63) is 65.5 Å². The van der Waals surface area contributed by atoms with E-state index in [0.717, 1.165) is 54.5 Å². The standard InChI is InChI=1S/C23H27N3O/c1-16-6-8-18(9-7-16)15-24-23(27)19-12-10-17(11-13-19)14-22-25-20-4-2-3-5-21(20)26-22/h2-9,17,19H,10-15H2,1H3,(H,24,27)(H,25,26)/t17-,19+. The third-order valence-electron chi connectivity index (χ3n) is 5.73. The molecule has 3 aromatic rings. The van der Waals surface area contributed by atoms with Gasteiger partial charge in [-0.2, -0.15) is 0 Å². The molecule has 2 N–H and O–H groups in total. The molecule has 1 aliphatic rings. The molecule has 27 heavy (non-hydrogen) atoms. The first kappa shape index (κ1) is 17.8. The van der Waals surface area contributed by atoms with E-state index in [1.165, 1.54) is 5.56 Å². The molecule has 4 heteroatoms. The topological polar surface area (TPSA) is 57.8 Å². The van der Waals surface area contributed by atoms with E-state index in [4.69, 9.17) is 4.98 Å². The number of para-hydroxylation sites is 2. The summed E-state index contributed by atoms with van der Waals surface area (Å²) in [6.45, 7) is 2.70. The summed E-state index contributed by atoms with van der Waals surface area (Å²) in [6.07, 6.45) is 5.13. The highest BCUT2D eigenvalue weighted by Gasteiger charge is 2.26. The minimum Gasteiger partial charge on any atom is -0.352 e. The number of amides is 1. The van der Waals surface area contributed by atoms with Crippen molar-refractivity contribution in [2.75, 3.05) is 0 Å². The van der Waals surface area contributed by atoms with Crippen LogP contribution in [-0.2, 0) is 17.8 Å². The number of benzene rings is 2. The molecule has 2 aromatic carbocycles. The predicted molar refractivity (Wildman–Crippen MR) is 108 cm³/mol. The fraction of sp³-hybridized carbons (Fsp3) is 0.391. The third kappa shape index (κ3) is 4.38. The normalized spacial score (nSPS) is 19.9. The predicted octanol–water partition coefficient (Wildman–Crippen LogP) is 4.54. The highest BCUT2D eigenvalue weighted by atomic mass is 16.1. The molecule has 0 bridgehead atoms. The summed E-state index contributed by atoms with van der Waals surface area (Å²) in [6, 6.07) is 16.5. The SMILES string of the molecule is Cc1ccc(CNC(=O)[C@H]2CC[C@@H](Cc3nc4ccccc4[nH]3)CC2)cc1. The molecule has 4 nitrogen and oxygen atoms in total. The Bertz CT molecular complexity index is 872. The van der Waals surface area contributed by atoms with E-state index in [2.05, 4.69) is 47.6 Å². The Morgan fingerprint density at radius 2 is 1.81 bits per heavy atom. The van der Waals surface area contributed by atoms with Gasteiger partial charge in [0.05, 0.1) is 11.0 Å². The Labute approximate surface area is 160 Å². The van der Waals surface area contributed by atoms with E-state index in [0.29, 0.717) is 12.5 Å². The minimum absolute atomic E-state index is 0.155. The number of carbonyl (C=O) groups is 1. The van der Waals surface area contributed by atoms with E-state index in [-0.39, 0.29) is 11.8 Å². The number of H-pyrrole nitrogens is 1. The van der Waals surface area contributed by atoms with Gasteiger partial charge in [0, 0.05) is 18.9 Å². The van der Waals surface area contributed by atoms with Crippen molar-refractivity contribution in [1.29, 1.82) is 0 Å². The number of fused-ring (bicyclic) bond motifs is 1. The highest BCUT2D eigenvalue weighted by Crippen LogP contribution is 2.31. The number of aromatic amines is 1. The van der Waals surface area contributed by atoms with Gasteiger partial charge in [0.25, 0.3) is 0 Å². The lowest BCUT2D eigenvalue weighted by molar-refractivity contribution is -0.126. The molecule has 0 aliphatic heterocycles. The molecule has 140 valence electrons. The van der Waals surface area contributed by atoms with Crippen LogP contribution in [0.4, 0.5) is 0 Å². The molecule has 1 aliphatic carbocycles. The van der Waals surface area contributed by atoms with Crippen LogP contribution in [0.25, 0.3) is 11.0 Å². The van der Waals surface area contributed by atoms with Crippen molar-refractivity contribution in [3.8, 4) is 0 Å². The van der Waals surface area contributed by atoms with Crippen LogP contribution in [0, 0.1) is 18.8 Å². The quantitative estimate of drug-likeness (QED) is 0.701. The molecule has 1 saturated carbocycles. The van der Waals surface area contributed by atoms with Crippen molar-refractivity contribution in [1.82, 2.24) is 15.3 Å². The molecule has 1 amide bonds. The number of aromatic nitrogens is 2. The second kappa shape index (κ2) is 7.95. The van der Waals surface area contributed by atoms with Crippen LogP contribution in [-0.4, -0.2) is 15.9 Å². The Kier molecular flexibility index (Phi) is 5.23. The number of rotatable bonds is 5. The van der Waals surface area contributed by atoms with Crippen LogP contribution in [0.2, 0.25) is 0 Å². The van der Waals surface area contributed by atoms with Gasteiger partial charge in [0.1, 0.15) is 5.82 Å². The first-order valence-electron chi connectivity index (χ1n) is 9.94. The van der Waals surface area contributed by atoms with Gasteiger partial charge < -0.3 is 10.3 Å². The monoisotopic (exact) mass is 361 g/mol.